The summed E-state index contributed by atoms with van der Waals surface area (Å²) in [5.74, 6) is 3.00. The Balaban J connectivity index is 3.09. The van der Waals surface area contributed by atoms with Gasteiger partial charge in [-0.05, 0) is 36.6 Å². The molecule has 0 heterocycles. The van der Waals surface area contributed by atoms with Crippen molar-refractivity contribution in [1.29, 1.82) is 0 Å². The van der Waals surface area contributed by atoms with Crippen LogP contribution in [-0.2, 0) is 10.9 Å². The second kappa shape index (κ2) is 13.4. The first-order valence-electron chi connectivity index (χ1n) is 7.40. The molecule has 0 rings (SSSR count). The van der Waals surface area contributed by atoms with Crippen molar-refractivity contribution in [3.05, 3.63) is 0 Å². The van der Waals surface area contributed by atoms with Crippen molar-refractivity contribution in [2.75, 3.05) is 17.8 Å². The lowest BCUT2D eigenvalue weighted by Crippen LogP contribution is -2.09. The standard InChI is InChI=1S/C15H33S/c1-4-6-8-10-12-14-16(3)15-13-11-9-7-5-2/h4-15H2,1-3H3/q+1. The maximum atomic E-state index is 2.47. The van der Waals surface area contributed by atoms with Crippen LogP contribution >= 0.6 is 0 Å². The van der Waals surface area contributed by atoms with Gasteiger partial charge in [-0.1, -0.05) is 52.4 Å². The SMILES string of the molecule is CCCCCCC[S+](C)CCCCCCC. The fraction of sp³-hybridized carbons (Fsp3) is 1.00. The van der Waals surface area contributed by atoms with Crippen LogP contribution in [0.4, 0.5) is 0 Å². The molecule has 0 aromatic rings. The Bertz CT molecular complexity index is 109. The van der Waals surface area contributed by atoms with E-state index >= 15 is 0 Å². The van der Waals surface area contributed by atoms with Gasteiger partial charge in [-0.3, -0.25) is 0 Å². The van der Waals surface area contributed by atoms with Gasteiger partial charge in [-0.2, -0.15) is 0 Å². The predicted molar refractivity (Wildman–Crippen MR) is 80.5 cm³/mol. The minimum atomic E-state index is 0.719. The van der Waals surface area contributed by atoms with Crippen LogP contribution in [0.3, 0.4) is 0 Å². The Morgan fingerprint density at radius 2 is 0.938 bits per heavy atom. The molecule has 0 N–H and O–H groups in total. The third-order valence-electron chi connectivity index (χ3n) is 3.19. The molecule has 0 spiro atoms. The zero-order valence-electron chi connectivity index (χ0n) is 11.9. The maximum Gasteiger partial charge on any atom is 0.107 e. The van der Waals surface area contributed by atoms with Crippen molar-refractivity contribution in [2.45, 2.75) is 78.1 Å². The van der Waals surface area contributed by atoms with E-state index in [1.54, 1.807) is 0 Å². The van der Waals surface area contributed by atoms with E-state index in [2.05, 4.69) is 20.1 Å². The molecule has 0 atom stereocenters. The number of rotatable bonds is 12. The second-order valence-electron chi connectivity index (χ2n) is 5.02. The topological polar surface area (TPSA) is 0 Å². The summed E-state index contributed by atoms with van der Waals surface area (Å²) in [5.41, 5.74) is 0. The van der Waals surface area contributed by atoms with Crippen molar-refractivity contribution >= 4 is 10.9 Å². The summed E-state index contributed by atoms with van der Waals surface area (Å²) >= 11 is 0. The predicted octanol–water partition coefficient (Wildman–Crippen LogP) is 5.18. The molecule has 0 aromatic heterocycles. The minimum Gasteiger partial charge on any atom is -0.0654 e. The van der Waals surface area contributed by atoms with E-state index in [0.29, 0.717) is 0 Å². The van der Waals surface area contributed by atoms with Gasteiger partial charge in [0, 0.05) is 0 Å². The second-order valence-corrected chi connectivity index (χ2v) is 7.40. The molecule has 0 bridgehead atoms. The Kier molecular flexibility index (Phi) is 13.7. The summed E-state index contributed by atoms with van der Waals surface area (Å²) in [6, 6.07) is 0. The van der Waals surface area contributed by atoms with E-state index in [1.807, 2.05) is 0 Å². The first-order chi connectivity index (χ1) is 7.81. The average Bonchev–Trinajstić information content (AvgIpc) is 2.28. The van der Waals surface area contributed by atoms with E-state index in [1.165, 1.54) is 75.7 Å². The normalized spacial score (nSPS) is 11.2. The van der Waals surface area contributed by atoms with E-state index in [0.717, 1.165) is 10.9 Å². The van der Waals surface area contributed by atoms with Crippen LogP contribution in [0.5, 0.6) is 0 Å². The molecule has 98 valence electrons. The number of hydrogen-bond donors (Lipinski definition) is 0. The van der Waals surface area contributed by atoms with E-state index in [-0.39, 0.29) is 0 Å². The van der Waals surface area contributed by atoms with Gasteiger partial charge in [-0.15, -0.1) is 0 Å². The van der Waals surface area contributed by atoms with Crippen molar-refractivity contribution in [3.63, 3.8) is 0 Å². The molecule has 0 amide bonds. The molecule has 0 saturated heterocycles. The molecule has 0 aliphatic rings. The van der Waals surface area contributed by atoms with Crippen LogP contribution in [-0.4, -0.2) is 17.8 Å². The molecule has 0 aliphatic heterocycles. The van der Waals surface area contributed by atoms with E-state index < -0.39 is 0 Å². The first kappa shape index (κ1) is 16.4. The summed E-state index contributed by atoms with van der Waals surface area (Å²) < 4.78 is 0. The molecular weight excluding hydrogens is 212 g/mol. The molecule has 0 aromatic carbocycles. The summed E-state index contributed by atoms with van der Waals surface area (Å²) in [6.07, 6.45) is 16.9. The van der Waals surface area contributed by atoms with Crippen LogP contribution in [0.15, 0.2) is 0 Å². The lowest BCUT2D eigenvalue weighted by atomic mass is 10.2. The number of hydrogen-bond acceptors (Lipinski definition) is 0. The third kappa shape index (κ3) is 12.4. The molecule has 0 radical (unpaired) electrons. The fourth-order valence-electron chi connectivity index (χ4n) is 2.01. The van der Waals surface area contributed by atoms with Crippen LogP contribution in [0, 0.1) is 0 Å². The summed E-state index contributed by atoms with van der Waals surface area (Å²) in [4.78, 5) is 0. The molecule has 1 heteroatoms. The molecule has 0 aliphatic carbocycles. The zero-order chi connectivity index (χ0) is 12.1. The molecular formula is C15H33S+. The smallest absolute Gasteiger partial charge is 0.0654 e. The van der Waals surface area contributed by atoms with Crippen LogP contribution in [0.1, 0.15) is 78.1 Å². The quantitative estimate of drug-likeness (QED) is 0.328. The number of unbranched alkanes of at least 4 members (excludes halogenated alkanes) is 8. The van der Waals surface area contributed by atoms with Gasteiger partial charge in [0.2, 0.25) is 0 Å². The minimum absolute atomic E-state index is 0.719. The molecule has 0 unspecified atom stereocenters. The van der Waals surface area contributed by atoms with E-state index in [9.17, 15) is 0 Å². The van der Waals surface area contributed by atoms with E-state index in [4.69, 9.17) is 0 Å². The Morgan fingerprint density at radius 1 is 0.562 bits per heavy atom. The van der Waals surface area contributed by atoms with Crippen LogP contribution < -0.4 is 0 Å². The molecule has 0 nitrogen and oxygen atoms in total. The lowest BCUT2D eigenvalue weighted by Gasteiger charge is -2.04. The van der Waals surface area contributed by atoms with Crippen LogP contribution in [0.25, 0.3) is 0 Å². The van der Waals surface area contributed by atoms with Crippen molar-refractivity contribution < 1.29 is 0 Å². The van der Waals surface area contributed by atoms with Gasteiger partial charge in [0.1, 0.15) is 11.5 Å². The highest BCUT2D eigenvalue weighted by Gasteiger charge is 2.09. The fourth-order valence-corrected chi connectivity index (χ4v) is 3.60. The summed E-state index contributed by atoms with van der Waals surface area (Å²) in [5, 5.41) is 0. The van der Waals surface area contributed by atoms with Gasteiger partial charge in [0.15, 0.2) is 0 Å². The van der Waals surface area contributed by atoms with Crippen molar-refractivity contribution in [3.8, 4) is 0 Å². The third-order valence-corrected chi connectivity index (χ3v) is 5.16. The van der Waals surface area contributed by atoms with Crippen LogP contribution in [0.2, 0.25) is 0 Å². The monoisotopic (exact) mass is 245 g/mol. The first-order valence-corrected chi connectivity index (χ1v) is 9.37. The van der Waals surface area contributed by atoms with Gasteiger partial charge in [0.25, 0.3) is 0 Å². The van der Waals surface area contributed by atoms with Gasteiger partial charge >= 0.3 is 0 Å². The summed E-state index contributed by atoms with van der Waals surface area (Å²) in [7, 11) is 0.719. The van der Waals surface area contributed by atoms with Gasteiger partial charge < -0.3 is 0 Å². The Morgan fingerprint density at radius 3 is 1.31 bits per heavy atom. The Hall–Kier alpha value is 0.350. The molecule has 0 saturated carbocycles. The zero-order valence-corrected chi connectivity index (χ0v) is 12.7. The highest BCUT2D eigenvalue weighted by atomic mass is 32.2. The lowest BCUT2D eigenvalue weighted by molar-refractivity contribution is 0.653. The highest BCUT2D eigenvalue weighted by molar-refractivity contribution is 7.96. The molecule has 16 heavy (non-hydrogen) atoms. The molecule has 0 fully saturated rings. The highest BCUT2D eigenvalue weighted by Crippen LogP contribution is 2.08. The van der Waals surface area contributed by atoms with Crippen molar-refractivity contribution in [1.82, 2.24) is 0 Å². The average molecular weight is 245 g/mol. The van der Waals surface area contributed by atoms with Crippen molar-refractivity contribution in [2.24, 2.45) is 0 Å². The maximum absolute atomic E-state index is 2.47. The summed E-state index contributed by atoms with van der Waals surface area (Å²) in [6.45, 7) is 4.58. The Labute approximate surface area is 107 Å². The van der Waals surface area contributed by atoms with Gasteiger partial charge in [0.05, 0.1) is 6.26 Å². The largest absolute Gasteiger partial charge is 0.107 e. The van der Waals surface area contributed by atoms with Gasteiger partial charge in [-0.25, -0.2) is 0 Å².